The van der Waals surface area contributed by atoms with Gasteiger partial charge in [-0.1, -0.05) is 6.07 Å². The van der Waals surface area contributed by atoms with Crippen LogP contribution in [0.5, 0.6) is 5.75 Å². The molecule has 0 saturated heterocycles. The summed E-state index contributed by atoms with van der Waals surface area (Å²) in [5.41, 5.74) is -1.77. The topological polar surface area (TPSA) is 83.5 Å². The Balaban J connectivity index is 1.90. The van der Waals surface area contributed by atoms with Gasteiger partial charge in [-0.2, -0.15) is 13.2 Å². The summed E-state index contributed by atoms with van der Waals surface area (Å²) in [7, 11) is -3.92. The van der Waals surface area contributed by atoms with Crippen LogP contribution in [0, 0.1) is 0 Å². The molecule has 5 nitrogen and oxygen atoms in total. The van der Waals surface area contributed by atoms with Crippen LogP contribution in [0.1, 0.15) is 40.7 Å². The lowest BCUT2D eigenvalue weighted by Crippen LogP contribution is -2.40. The largest absolute Gasteiger partial charge is 0.508 e. The predicted molar refractivity (Wildman–Crippen MR) is 95.5 cm³/mol. The first-order valence-corrected chi connectivity index (χ1v) is 10.2. The third-order valence-corrected chi connectivity index (χ3v) is 6.33. The van der Waals surface area contributed by atoms with Crippen LogP contribution in [0.4, 0.5) is 13.2 Å². The lowest BCUT2D eigenvalue weighted by molar-refractivity contribution is -0.138. The predicted octanol–water partition coefficient (Wildman–Crippen LogP) is 3.67. The van der Waals surface area contributed by atoms with Crippen molar-refractivity contribution in [3.05, 3.63) is 59.2 Å². The fourth-order valence-corrected chi connectivity index (χ4v) is 4.22. The van der Waals surface area contributed by atoms with Gasteiger partial charge in [-0.3, -0.25) is 4.79 Å². The van der Waals surface area contributed by atoms with E-state index in [-0.39, 0.29) is 22.3 Å². The molecule has 1 aliphatic rings. The van der Waals surface area contributed by atoms with Crippen molar-refractivity contribution in [1.82, 2.24) is 5.32 Å². The van der Waals surface area contributed by atoms with E-state index in [1.165, 1.54) is 30.3 Å². The molecule has 0 heterocycles. The summed E-state index contributed by atoms with van der Waals surface area (Å²) < 4.78 is 65.3. The number of carbonyl (C=O) groups excluding carboxylic acids is 1. The maximum absolute atomic E-state index is 13.5. The van der Waals surface area contributed by atoms with Gasteiger partial charge in [0.2, 0.25) is 0 Å². The summed E-state index contributed by atoms with van der Waals surface area (Å²) in [5, 5.41) is 11.8. The van der Waals surface area contributed by atoms with Crippen molar-refractivity contribution >= 4 is 15.7 Å². The highest BCUT2D eigenvalue weighted by molar-refractivity contribution is 7.90. The van der Waals surface area contributed by atoms with E-state index in [1.54, 1.807) is 0 Å². The summed E-state index contributed by atoms with van der Waals surface area (Å²) in [5.74, 6) is -1.60. The lowest BCUT2D eigenvalue weighted by atomic mass is 9.92. The third-order valence-electron chi connectivity index (χ3n) is 4.63. The smallest absolute Gasteiger partial charge is 0.417 e. The minimum atomic E-state index is -4.80. The molecule has 2 aromatic rings. The Bertz CT molecular complexity index is 981. The second-order valence-corrected chi connectivity index (χ2v) is 8.72. The van der Waals surface area contributed by atoms with Gasteiger partial charge in [-0.05, 0) is 61.2 Å². The van der Waals surface area contributed by atoms with Crippen LogP contribution >= 0.6 is 0 Å². The first kappa shape index (κ1) is 20.2. The van der Waals surface area contributed by atoms with Crippen molar-refractivity contribution in [1.29, 1.82) is 0 Å². The molecule has 0 bridgehead atoms. The molecule has 0 aliphatic heterocycles. The van der Waals surface area contributed by atoms with E-state index in [1.807, 2.05) is 0 Å². The number of halogens is 3. The Kier molecular flexibility index (Phi) is 5.38. The van der Waals surface area contributed by atoms with E-state index in [4.69, 9.17) is 0 Å². The summed E-state index contributed by atoms with van der Waals surface area (Å²) in [6.45, 7) is 0. The van der Waals surface area contributed by atoms with E-state index >= 15 is 0 Å². The summed E-state index contributed by atoms with van der Waals surface area (Å²) >= 11 is 0. The molecule has 9 heteroatoms. The molecule has 1 amide bonds. The van der Waals surface area contributed by atoms with Crippen LogP contribution in [-0.2, 0) is 21.8 Å². The standard InChI is InChI=1S/C19H18F3NO4S/c20-19(21,22)17-10-12(4-9-16(17)18(25)23-13-2-1-3-13)11-28(26,27)15-7-5-14(24)6-8-15/h4-10,13,24H,1-3,11H2,(H,23,25). The Morgan fingerprint density at radius 3 is 2.29 bits per heavy atom. The molecule has 0 atom stereocenters. The van der Waals surface area contributed by atoms with E-state index in [0.29, 0.717) is 6.07 Å². The summed E-state index contributed by atoms with van der Waals surface area (Å²) in [6, 6.07) is 7.52. The maximum atomic E-state index is 13.5. The molecule has 1 saturated carbocycles. The number of nitrogens with one attached hydrogen (secondary N) is 1. The fourth-order valence-electron chi connectivity index (χ4n) is 2.89. The zero-order valence-corrected chi connectivity index (χ0v) is 15.5. The van der Waals surface area contributed by atoms with Crippen molar-refractivity contribution in [3.63, 3.8) is 0 Å². The number of rotatable bonds is 5. The number of benzene rings is 2. The Morgan fingerprint density at radius 1 is 1.11 bits per heavy atom. The van der Waals surface area contributed by atoms with E-state index < -0.39 is 38.8 Å². The van der Waals surface area contributed by atoms with Gasteiger partial charge in [0.15, 0.2) is 9.84 Å². The molecule has 1 fully saturated rings. The number of carbonyl (C=O) groups is 1. The summed E-state index contributed by atoms with van der Waals surface area (Å²) in [4.78, 5) is 12.1. The van der Waals surface area contributed by atoms with Crippen LogP contribution < -0.4 is 5.32 Å². The Labute approximate surface area is 160 Å². The average Bonchev–Trinajstić information content (AvgIpc) is 2.57. The monoisotopic (exact) mass is 413 g/mol. The Hall–Kier alpha value is -2.55. The van der Waals surface area contributed by atoms with Gasteiger partial charge < -0.3 is 10.4 Å². The highest BCUT2D eigenvalue weighted by Gasteiger charge is 2.36. The van der Waals surface area contributed by atoms with E-state index in [9.17, 15) is 31.5 Å². The molecule has 2 N–H and O–H groups in total. The highest BCUT2D eigenvalue weighted by atomic mass is 32.2. The molecular weight excluding hydrogens is 395 g/mol. The number of hydrogen-bond donors (Lipinski definition) is 2. The van der Waals surface area contributed by atoms with E-state index in [2.05, 4.69) is 5.32 Å². The van der Waals surface area contributed by atoms with Gasteiger partial charge in [0, 0.05) is 6.04 Å². The Morgan fingerprint density at radius 2 is 1.75 bits per heavy atom. The number of phenolic OH excluding ortho intramolecular Hbond substituents is 1. The van der Waals surface area contributed by atoms with Crippen LogP contribution in [0.15, 0.2) is 47.4 Å². The van der Waals surface area contributed by atoms with Gasteiger partial charge in [0.1, 0.15) is 5.75 Å². The van der Waals surface area contributed by atoms with Crippen LogP contribution in [0.3, 0.4) is 0 Å². The van der Waals surface area contributed by atoms with Gasteiger partial charge in [-0.15, -0.1) is 0 Å². The van der Waals surface area contributed by atoms with Gasteiger partial charge in [0.25, 0.3) is 5.91 Å². The first-order chi connectivity index (χ1) is 13.1. The molecule has 3 rings (SSSR count). The molecule has 0 spiro atoms. The SMILES string of the molecule is O=C(NC1CCC1)c1ccc(CS(=O)(=O)c2ccc(O)cc2)cc1C(F)(F)F. The van der Waals surface area contributed by atoms with Crippen LogP contribution in [-0.4, -0.2) is 25.5 Å². The van der Waals surface area contributed by atoms with Crippen LogP contribution in [0.2, 0.25) is 0 Å². The van der Waals surface area contributed by atoms with Crippen molar-refractivity contribution in [2.45, 2.75) is 42.1 Å². The lowest BCUT2D eigenvalue weighted by Gasteiger charge is -2.27. The second-order valence-electron chi connectivity index (χ2n) is 6.73. The number of hydrogen-bond acceptors (Lipinski definition) is 4. The fraction of sp³-hybridized carbons (Fsp3) is 0.316. The van der Waals surface area contributed by atoms with Gasteiger partial charge >= 0.3 is 6.18 Å². The normalized spacial score (nSPS) is 15.1. The number of phenols is 1. The minimum absolute atomic E-state index is 0.0828. The molecule has 1 aliphatic carbocycles. The van der Waals surface area contributed by atoms with Crippen LogP contribution in [0.25, 0.3) is 0 Å². The zero-order valence-electron chi connectivity index (χ0n) is 14.7. The third kappa shape index (κ3) is 4.46. The molecule has 28 heavy (non-hydrogen) atoms. The van der Waals surface area contributed by atoms with Gasteiger partial charge in [0.05, 0.1) is 21.8 Å². The van der Waals surface area contributed by atoms with Crippen molar-refractivity contribution in [3.8, 4) is 5.75 Å². The second kappa shape index (κ2) is 7.46. The highest BCUT2D eigenvalue weighted by Crippen LogP contribution is 2.34. The van der Waals surface area contributed by atoms with Crippen molar-refractivity contribution < 1.29 is 31.5 Å². The van der Waals surface area contributed by atoms with E-state index in [0.717, 1.165) is 25.3 Å². The molecule has 0 aromatic heterocycles. The van der Waals surface area contributed by atoms with Gasteiger partial charge in [-0.25, -0.2) is 8.42 Å². The molecule has 0 radical (unpaired) electrons. The number of amides is 1. The average molecular weight is 413 g/mol. The summed E-state index contributed by atoms with van der Waals surface area (Å²) in [6.07, 6.45) is -2.41. The quantitative estimate of drug-likeness (QED) is 0.784. The first-order valence-electron chi connectivity index (χ1n) is 8.59. The van der Waals surface area contributed by atoms with Crippen molar-refractivity contribution in [2.75, 3.05) is 0 Å². The number of alkyl halides is 3. The zero-order chi connectivity index (χ0) is 20.5. The molecule has 2 aromatic carbocycles. The molecular formula is C19H18F3NO4S. The minimum Gasteiger partial charge on any atom is -0.508 e. The maximum Gasteiger partial charge on any atom is 0.417 e. The number of aromatic hydroxyl groups is 1. The molecule has 0 unspecified atom stereocenters. The molecule has 150 valence electrons. The number of sulfone groups is 1. The van der Waals surface area contributed by atoms with Crippen molar-refractivity contribution in [2.24, 2.45) is 0 Å².